The molecular formula is C13H22O5. The van der Waals surface area contributed by atoms with E-state index in [4.69, 9.17) is 9.47 Å². The van der Waals surface area contributed by atoms with Crippen LogP contribution in [0.4, 0.5) is 0 Å². The Morgan fingerprint density at radius 2 is 1.67 bits per heavy atom. The first-order chi connectivity index (χ1) is 8.46. The van der Waals surface area contributed by atoms with Crippen molar-refractivity contribution in [3.05, 3.63) is 12.7 Å². The summed E-state index contributed by atoms with van der Waals surface area (Å²) in [5, 5.41) is 10.4. The zero-order valence-corrected chi connectivity index (χ0v) is 11.3. The van der Waals surface area contributed by atoms with E-state index < -0.39 is 23.5 Å². The second kappa shape index (κ2) is 7.87. The summed E-state index contributed by atoms with van der Waals surface area (Å²) >= 11 is 0. The van der Waals surface area contributed by atoms with E-state index >= 15 is 0 Å². The standard InChI is InChI=1S/C13H22O5/c1-5-9-13(16,6-2)10(11(14)17-7-3)12(15)18-8-4/h6,10,16H,2,5,7-9H2,1,3-4H3. The van der Waals surface area contributed by atoms with Crippen molar-refractivity contribution in [3.63, 3.8) is 0 Å². The maximum Gasteiger partial charge on any atom is 0.323 e. The van der Waals surface area contributed by atoms with E-state index in [0.717, 1.165) is 0 Å². The topological polar surface area (TPSA) is 72.8 Å². The third kappa shape index (κ3) is 4.14. The lowest BCUT2D eigenvalue weighted by atomic mass is 9.83. The van der Waals surface area contributed by atoms with E-state index in [-0.39, 0.29) is 19.6 Å². The van der Waals surface area contributed by atoms with Crippen LogP contribution in [-0.4, -0.2) is 35.9 Å². The second-order valence-electron chi connectivity index (χ2n) is 3.88. The number of aliphatic hydroxyl groups is 1. The molecule has 0 aliphatic carbocycles. The predicted octanol–water partition coefficient (Wildman–Crippen LogP) is 1.45. The molecule has 5 heteroatoms. The molecule has 5 nitrogen and oxygen atoms in total. The molecule has 1 atom stereocenters. The van der Waals surface area contributed by atoms with Gasteiger partial charge >= 0.3 is 11.9 Å². The molecule has 0 rings (SSSR count). The molecular weight excluding hydrogens is 236 g/mol. The van der Waals surface area contributed by atoms with Crippen LogP contribution >= 0.6 is 0 Å². The number of carbonyl (C=O) groups excluding carboxylic acids is 2. The molecule has 1 unspecified atom stereocenters. The molecule has 0 bridgehead atoms. The summed E-state index contributed by atoms with van der Waals surface area (Å²) in [5.74, 6) is -2.95. The van der Waals surface area contributed by atoms with E-state index in [0.29, 0.717) is 6.42 Å². The van der Waals surface area contributed by atoms with E-state index in [2.05, 4.69) is 6.58 Å². The quantitative estimate of drug-likeness (QED) is 0.405. The Bertz CT molecular complexity index is 282. The molecule has 0 heterocycles. The van der Waals surface area contributed by atoms with E-state index in [9.17, 15) is 14.7 Å². The molecule has 18 heavy (non-hydrogen) atoms. The molecule has 0 aromatic heterocycles. The van der Waals surface area contributed by atoms with Crippen molar-refractivity contribution in [2.45, 2.75) is 39.2 Å². The highest BCUT2D eigenvalue weighted by molar-refractivity contribution is 5.96. The third-order valence-electron chi connectivity index (χ3n) is 2.55. The van der Waals surface area contributed by atoms with Crippen LogP contribution in [0.25, 0.3) is 0 Å². The third-order valence-corrected chi connectivity index (χ3v) is 2.55. The first kappa shape index (κ1) is 16.6. The Hall–Kier alpha value is -1.36. The summed E-state index contributed by atoms with van der Waals surface area (Å²) < 4.78 is 9.64. The van der Waals surface area contributed by atoms with Crippen molar-refractivity contribution in [1.82, 2.24) is 0 Å². The molecule has 0 aliphatic rings. The Labute approximate surface area is 108 Å². The van der Waals surface area contributed by atoms with Gasteiger partial charge in [0.25, 0.3) is 0 Å². The van der Waals surface area contributed by atoms with Gasteiger partial charge in [0.05, 0.1) is 13.2 Å². The first-order valence-corrected chi connectivity index (χ1v) is 6.16. The maximum absolute atomic E-state index is 11.8. The molecule has 0 spiro atoms. The van der Waals surface area contributed by atoms with Crippen LogP contribution < -0.4 is 0 Å². The summed E-state index contributed by atoms with van der Waals surface area (Å²) in [6.07, 6.45) is 2.03. The number of esters is 2. The highest BCUT2D eigenvalue weighted by Gasteiger charge is 2.46. The van der Waals surface area contributed by atoms with Gasteiger partial charge in [-0.2, -0.15) is 0 Å². The molecule has 0 amide bonds. The van der Waals surface area contributed by atoms with Gasteiger partial charge in [-0.25, -0.2) is 0 Å². The number of hydrogen-bond donors (Lipinski definition) is 1. The highest BCUT2D eigenvalue weighted by Crippen LogP contribution is 2.27. The zero-order valence-electron chi connectivity index (χ0n) is 11.3. The van der Waals surface area contributed by atoms with Crippen molar-refractivity contribution in [1.29, 1.82) is 0 Å². The lowest BCUT2D eigenvalue weighted by Gasteiger charge is -2.30. The minimum absolute atomic E-state index is 0.133. The van der Waals surface area contributed by atoms with Crippen LogP contribution in [0.5, 0.6) is 0 Å². The molecule has 0 aliphatic heterocycles. The second-order valence-corrected chi connectivity index (χ2v) is 3.88. The van der Waals surface area contributed by atoms with E-state index in [1.807, 2.05) is 6.92 Å². The van der Waals surface area contributed by atoms with Gasteiger partial charge in [-0.15, -0.1) is 6.58 Å². The molecule has 0 saturated carbocycles. The van der Waals surface area contributed by atoms with Crippen molar-refractivity contribution in [2.75, 3.05) is 13.2 Å². The van der Waals surface area contributed by atoms with E-state index in [1.54, 1.807) is 13.8 Å². The van der Waals surface area contributed by atoms with Crippen LogP contribution in [0.2, 0.25) is 0 Å². The van der Waals surface area contributed by atoms with Gasteiger partial charge in [-0.3, -0.25) is 9.59 Å². The Balaban J connectivity index is 5.22. The summed E-state index contributed by atoms with van der Waals surface area (Å²) in [6, 6.07) is 0. The largest absolute Gasteiger partial charge is 0.465 e. The SMILES string of the molecule is C=CC(O)(CCC)C(C(=O)OCC)C(=O)OCC. The maximum atomic E-state index is 11.8. The predicted molar refractivity (Wildman–Crippen MR) is 66.8 cm³/mol. The first-order valence-electron chi connectivity index (χ1n) is 6.16. The van der Waals surface area contributed by atoms with Crippen LogP contribution in [0.3, 0.4) is 0 Å². The number of hydrogen-bond acceptors (Lipinski definition) is 5. The smallest absolute Gasteiger partial charge is 0.323 e. The van der Waals surface area contributed by atoms with Crippen molar-refractivity contribution >= 4 is 11.9 Å². The van der Waals surface area contributed by atoms with Crippen LogP contribution in [-0.2, 0) is 19.1 Å². The number of carbonyl (C=O) groups is 2. The fourth-order valence-electron chi connectivity index (χ4n) is 1.72. The van der Waals surface area contributed by atoms with Gasteiger partial charge in [0.1, 0.15) is 5.60 Å². The fourth-order valence-corrected chi connectivity index (χ4v) is 1.72. The lowest BCUT2D eigenvalue weighted by Crippen LogP contribution is -2.47. The number of rotatable bonds is 8. The van der Waals surface area contributed by atoms with E-state index in [1.165, 1.54) is 6.08 Å². The lowest BCUT2D eigenvalue weighted by molar-refractivity contribution is -0.171. The van der Waals surface area contributed by atoms with Crippen molar-refractivity contribution in [2.24, 2.45) is 5.92 Å². The molecule has 0 aromatic rings. The fraction of sp³-hybridized carbons (Fsp3) is 0.692. The van der Waals surface area contributed by atoms with Crippen molar-refractivity contribution < 1.29 is 24.2 Å². The average Bonchev–Trinajstić information content (AvgIpc) is 2.30. The molecule has 0 aromatic carbocycles. The van der Waals surface area contributed by atoms with Crippen LogP contribution in [0.15, 0.2) is 12.7 Å². The van der Waals surface area contributed by atoms with Gasteiger partial charge in [-0.1, -0.05) is 19.4 Å². The zero-order chi connectivity index (χ0) is 14.2. The normalized spacial score (nSPS) is 13.8. The molecule has 0 fully saturated rings. The van der Waals surface area contributed by atoms with Crippen molar-refractivity contribution in [3.8, 4) is 0 Å². The highest BCUT2D eigenvalue weighted by atomic mass is 16.6. The minimum atomic E-state index is -1.63. The van der Waals surface area contributed by atoms with Crippen LogP contribution in [0, 0.1) is 5.92 Å². The minimum Gasteiger partial charge on any atom is -0.465 e. The Morgan fingerprint density at radius 3 is 1.94 bits per heavy atom. The monoisotopic (exact) mass is 258 g/mol. The summed E-state index contributed by atoms with van der Waals surface area (Å²) in [7, 11) is 0. The Morgan fingerprint density at radius 1 is 1.22 bits per heavy atom. The van der Waals surface area contributed by atoms with Gasteiger partial charge in [-0.05, 0) is 20.3 Å². The average molecular weight is 258 g/mol. The van der Waals surface area contributed by atoms with Gasteiger partial charge in [0.2, 0.25) is 0 Å². The summed E-state index contributed by atoms with van der Waals surface area (Å²) in [5.41, 5.74) is -1.63. The number of ether oxygens (including phenoxy) is 2. The molecule has 0 saturated heterocycles. The van der Waals surface area contributed by atoms with Gasteiger partial charge in [0.15, 0.2) is 5.92 Å². The molecule has 1 N–H and O–H groups in total. The van der Waals surface area contributed by atoms with Gasteiger partial charge < -0.3 is 14.6 Å². The van der Waals surface area contributed by atoms with Crippen LogP contribution in [0.1, 0.15) is 33.6 Å². The molecule has 104 valence electrons. The van der Waals surface area contributed by atoms with Gasteiger partial charge in [0, 0.05) is 0 Å². The Kier molecular flexibility index (Phi) is 7.27. The summed E-state index contributed by atoms with van der Waals surface area (Å²) in [4.78, 5) is 23.6. The summed E-state index contributed by atoms with van der Waals surface area (Å²) in [6.45, 7) is 8.86. The molecule has 0 radical (unpaired) electrons.